The van der Waals surface area contributed by atoms with Gasteiger partial charge in [0.1, 0.15) is 0 Å². The van der Waals surface area contributed by atoms with E-state index in [4.69, 9.17) is 4.98 Å². The van der Waals surface area contributed by atoms with Crippen molar-refractivity contribution in [2.24, 2.45) is 5.41 Å². The summed E-state index contributed by atoms with van der Waals surface area (Å²) in [4.78, 5) is 9.62. The fraction of sp³-hybridized carbons (Fsp3) is 0.389. The van der Waals surface area contributed by atoms with Gasteiger partial charge in [-0.15, -0.1) is 0 Å². The molecule has 0 unspecified atom stereocenters. The molecule has 2 aliphatic rings. The first-order valence-electron chi connectivity index (χ1n) is 14.7. The lowest BCUT2D eigenvalue weighted by molar-refractivity contribution is -0.211. The highest BCUT2D eigenvalue weighted by Gasteiger charge is 2.47. The molecule has 41 heavy (non-hydrogen) atoms. The predicted molar refractivity (Wildman–Crippen MR) is 162 cm³/mol. The first-order valence-corrected chi connectivity index (χ1v) is 14.7. The Balaban J connectivity index is 1.38. The van der Waals surface area contributed by atoms with Crippen molar-refractivity contribution < 1.29 is 13.2 Å². The summed E-state index contributed by atoms with van der Waals surface area (Å²) in [6.07, 6.45) is 7.61. The van der Waals surface area contributed by atoms with Crippen LogP contribution >= 0.6 is 0 Å². The molecule has 2 aromatic carbocycles. The van der Waals surface area contributed by atoms with E-state index >= 15 is 0 Å². The quantitative estimate of drug-likeness (QED) is 0.245. The summed E-state index contributed by atoms with van der Waals surface area (Å²) in [7, 11) is 0. The van der Waals surface area contributed by atoms with Crippen molar-refractivity contribution in [3.05, 3.63) is 94.9 Å². The van der Waals surface area contributed by atoms with Crippen LogP contribution in [0.4, 0.5) is 13.2 Å². The molecule has 0 bridgehead atoms. The van der Waals surface area contributed by atoms with Gasteiger partial charge in [0.15, 0.2) is 0 Å². The maximum absolute atomic E-state index is 13.5. The van der Waals surface area contributed by atoms with Crippen molar-refractivity contribution in [1.29, 1.82) is 0 Å². The predicted octanol–water partition coefficient (Wildman–Crippen LogP) is 10.3. The van der Waals surface area contributed by atoms with Crippen LogP contribution in [0.15, 0.2) is 67.0 Å². The van der Waals surface area contributed by atoms with Crippen LogP contribution in [-0.4, -0.2) is 16.1 Å². The van der Waals surface area contributed by atoms with Gasteiger partial charge in [-0.25, -0.2) is 0 Å². The van der Waals surface area contributed by atoms with Gasteiger partial charge in [-0.05, 0) is 94.1 Å². The Kier molecular flexibility index (Phi) is 6.83. The van der Waals surface area contributed by atoms with Crippen molar-refractivity contribution in [2.45, 2.75) is 83.7 Å². The van der Waals surface area contributed by atoms with Crippen LogP contribution in [0.5, 0.6) is 0 Å². The molecule has 2 aliphatic carbocycles. The van der Waals surface area contributed by atoms with Crippen LogP contribution < -0.4 is 0 Å². The normalized spacial score (nSPS) is 17.5. The topological polar surface area (TPSA) is 25.8 Å². The van der Waals surface area contributed by atoms with Gasteiger partial charge in [-0.1, -0.05) is 77.3 Å². The van der Waals surface area contributed by atoms with Crippen LogP contribution in [0.2, 0.25) is 0 Å². The smallest absolute Gasteiger partial charge is 0.256 e. The van der Waals surface area contributed by atoms with Crippen LogP contribution in [0.25, 0.3) is 33.7 Å². The molecule has 0 spiro atoms. The van der Waals surface area contributed by atoms with E-state index < -0.39 is 11.6 Å². The van der Waals surface area contributed by atoms with Gasteiger partial charge >= 0.3 is 6.18 Å². The lowest BCUT2D eigenvalue weighted by Crippen LogP contribution is -2.34. The average molecular weight is 555 g/mol. The van der Waals surface area contributed by atoms with E-state index in [9.17, 15) is 13.2 Å². The number of benzene rings is 2. The molecule has 0 atom stereocenters. The molecule has 4 aromatic rings. The summed E-state index contributed by atoms with van der Waals surface area (Å²) in [6.45, 7) is 6.87. The third-order valence-electron chi connectivity index (χ3n) is 9.31. The van der Waals surface area contributed by atoms with Crippen molar-refractivity contribution in [1.82, 2.24) is 9.97 Å². The Morgan fingerprint density at radius 3 is 2.37 bits per heavy atom. The van der Waals surface area contributed by atoms with Gasteiger partial charge in [-0.2, -0.15) is 13.2 Å². The standard InChI is InChI=1S/C36H37F3N2/c1-34(2,36(37,38)39)21-23-14-15-31(41-22-23)30-20-26-16-17-40-33(32(26)35(30,3)4)27-18-25-12-8-9-13-28(25)29(19-27)24-10-6-5-7-11-24/h8-9,12-20,22,24H,5-7,10-11,21H2,1-4H3. The Morgan fingerprint density at radius 2 is 1.66 bits per heavy atom. The summed E-state index contributed by atoms with van der Waals surface area (Å²) in [5.41, 5.74) is 6.08. The van der Waals surface area contributed by atoms with Gasteiger partial charge in [0.05, 0.1) is 16.8 Å². The number of rotatable bonds is 5. The second kappa shape index (κ2) is 10.1. The largest absolute Gasteiger partial charge is 0.394 e. The maximum Gasteiger partial charge on any atom is 0.394 e. The van der Waals surface area contributed by atoms with Crippen molar-refractivity contribution in [2.75, 3.05) is 0 Å². The minimum Gasteiger partial charge on any atom is -0.256 e. The maximum atomic E-state index is 13.5. The van der Waals surface area contributed by atoms with Crippen LogP contribution in [0.3, 0.4) is 0 Å². The highest BCUT2D eigenvalue weighted by atomic mass is 19.4. The monoisotopic (exact) mass is 554 g/mol. The first-order chi connectivity index (χ1) is 19.5. The lowest BCUT2D eigenvalue weighted by atomic mass is 9.77. The molecule has 1 saturated carbocycles. The molecule has 0 N–H and O–H groups in total. The molecule has 0 saturated heterocycles. The van der Waals surface area contributed by atoms with E-state index in [0.717, 1.165) is 28.1 Å². The highest BCUT2D eigenvalue weighted by Crippen LogP contribution is 2.50. The Morgan fingerprint density at radius 1 is 0.902 bits per heavy atom. The minimum atomic E-state index is -4.27. The number of aromatic nitrogens is 2. The van der Waals surface area contributed by atoms with Crippen molar-refractivity contribution >= 4 is 22.4 Å². The van der Waals surface area contributed by atoms with Gasteiger partial charge in [0, 0.05) is 23.4 Å². The van der Waals surface area contributed by atoms with Crippen molar-refractivity contribution in [3.63, 3.8) is 0 Å². The van der Waals surface area contributed by atoms with E-state index in [1.807, 2.05) is 12.3 Å². The summed E-state index contributed by atoms with van der Waals surface area (Å²) in [5, 5.41) is 2.58. The molecule has 2 nitrogen and oxygen atoms in total. The lowest BCUT2D eigenvalue weighted by Gasteiger charge is -2.28. The Labute approximate surface area is 240 Å². The molecule has 5 heteroatoms. The number of allylic oxidation sites excluding steroid dienone is 1. The zero-order valence-corrected chi connectivity index (χ0v) is 24.3. The molecule has 0 radical (unpaired) electrons. The Bertz CT molecular complexity index is 1620. The van der Waals surface area contributed by atoms with Crippen LogP contribution in [-0.2, 0) is 11.8 Å². The molecule has 212 valence electrons. The zero-order chi connectivity index (χ0) is 29.0. The van der Waals surface area contributed by atoms with E-state index in [-0.39, 0.29) is 11.8 Å². The minimum absolute atomic E-state index is 0.105. The van der Waals surface area contributed by atoms with Gasteiger partial charge in [0.25, 0.3) is 0 Å². The summed E-state index contributed by atoms with van der Waals surface area (Å²) >= 11 is 0. The first kappa shape index (κ1) is 27.7. The van der Waals surface area contributed by atoms with Gasteiger partial charge < -0.3 is 0 Å². The second-order valence-corrected chi connectivity index (χ2v) is 13.0. The number of pyridine rings is 2. The van der Waals surface area contributed by atoms with E-state index in [1.54, 1.807) is 12.3 Å². The molecular formula is C36H37F3N2. The second-order valence-electron chi connectivity index (χ2n) is 13.0. The van der Waals surface area contributed by atoms with Gasteiger partial charge in [-0.3, -0.25) is 9.97 Å². The summed E-state index contributed by atoms with van der Waals surface area (Å²) in [5.74, 6) is 0.567. The van der Waals surface area contributed by atoms with E-state index in [2.05, 4.69) is 67.4 Å². The van der Waals surface area contributed by atoms with E-state index in [0.29, 0.717) is 11.5 Å². The highest BCUT2D eigenvalue weighted by molar-refractivity contribution is 5.97. The Hall–Kier alpha value is -3.47. The number of hydrogen-bond donors (Lipinski definition) is 0. The number of fused-ring (bicyclic) bond motifs is 2. The number of nitrogens with zero attached hydrogens (tertiary/aromatic N) is 2. The number of halogens is 3. The molecular weight excluding hydrogens is 517 g/mol. The van der Waals surface area contributed by atoms with E-state index in [1.165, 1.54) is 67.9 Å². The zero-order valence-electron chi connectivity index (χ0n) is 24.3. The SMILES string of the molecule is CC1(C)C(c2ccc(CC(C)(C)C(F)(F)F)cn2)=Cc2ccnc(-c3cc(C4CCCCC4)c4ccccc4c3)c21. The number of alkyl halides is 3. The third kappa shape index (κ3) is 4.98. The molecule has 2 heterocycles. The van der Waals surface area contributed by atoms with Crippen LogP contribution in [0.1, 0.15) is 93.7 Å². The van der Waals surface area contributed by atoms with Crippen LogP contribution in [0, 0.1) is 5.41 Å². The average Bonchev–Trinajstić information content (AvgIpc) is 3.23. The third-order valence-corrected chi connectivity index (χ3v) is 9.31. The fourth-order valence-electron chi connectivity index (χ4n) is 6.86. The molecule has 1 fully saturated rings. The molecule has 2 aromatic heterocycles. The number of hydrogen-bond acceptors (Lipinski definition) is 2. The van der Waals surface area contributed by atoms with Gasteiger partial charge in [0.2, 0.25) is 0 Å². The summed E-state index contributed by atoms with van der Waals surface area (Å²) < 4.78 is 40.4. The fourth-order valence-corrected chi connectivity index (χ4v) is 6.86. The van der Waals surface area contributed by atoms with Crippen molar-refractivity contribution in [3.8, 4) is 11.3 Å². The molecule has 6 rings (SSSR count). The molecule has 0 amide bonds. The molecule has 0 aliphatic heterocycles. The summed E-state index contributed by atoms with van der Waals surface area (Å²) in [6, 6.07) is 19.0.